The zero-order chi connectivity index (χ0) is 17.1. The molecule has 0 aromatic carbocycles. The second kappa shape index (κ2) is 7.68. The molecule has 1 aromatic rings. The number of rotatable bonds is 4. The van der Waals surface area contributed by atoms with E-state index in [0.717, 1.165) is 49.4 Å². The molecule has 1 fully saturated rings. The maximum atomic E-state index is 12.8. The lowest BCUT2D eigenvalue weighted by Gasteiger charge is -2.31. The molecule has 0 radical (unpaired) electrons. The molecule has 132 valence electrons. The molecule has 0 unspecified atom stereocenters. The molecule has 0 saturated carbocycles. The van der Waals surface area contributed by atoms with Gasteiger partial charge in [-0.3, -0.25) is 9.59 Å². The zero-order valence-corrected chi connectivity index (χ0v) is 15.6. The van der Waals surface area contributed by atoms with Crippen LogP contribution in [0.5, 0.6) is 0 Å². The summed E-state index contributed by atoms with van der Waals surface area (Å²) < 4.78 is 0. The van der Waals surface area contributed by atoms with E-state index in [2.05, 4.69) is 25.2 Å². The molecule has 1 aliphatic heterocycles. The first-order valence-corrected chi connectivity index (χ1v) is 10.1. The fourth-order valence-corrected chi connectivity index (χ4v) is 4.88. The molecular weight excluding hydrogens is 320 g/mol. The van der Waals surface area contributed by atoms with Crippen LogP contribution in [0, 0.1) is 11.8 Å². The first-order valence-electron chi connectivity index (χ1n) is 9.27. The Hall–Kier alpha value is -1.36. The SMILES string of the molecule is CCCNC(=O)C1CCN(C(=O)c2cc3c(s2)CC[C@H](C)C3)CC1. The Morgan fingerprint density at radius 1 is 1.29 bits per heavy atom. The molecule has 2 heterocycles. The van der Waals surface area contributed by atoms with Crippen LogP contribution in [0.1, 0.15) is 59.6 Å². The van der Waals surface area contributed by atoms with Crippen LogP contribution < -0.4 is 5.32 Å². The fraction of sp³-hybridized carbons (Fsp3) is 0.684. The van der Waals surface area contributed by atoms with E-state index in [0.29, 0.717) is 13.1 Å². The summed E-state index contributed by atoms with van der Waals surface area (Å²) >= 11 is 1.69. The van der Waals surface area contributed by atoms with Crippen molar-refractivity contribution < 1.29 is 9.59 Å². The van der Waals surface area contributed by atoms with Crippen LogP contribution >= 0.6 is 11.3 Å². The number of fused-ring (bicyclic) bond motifs is 1. The molecule has 1 aliphatic carbocycles. The van der Waals surface area contributed by atoms with Crippen molar-refractivity contribution in [2.75, 3.05) is 19.6 Å². The van der Waals surface area contributed by atoms with E-state index in [1.54, 1.807) is 11.3 Å². The van der Waals surface area contributed by atoms with Crippen molar-refractivity contribution >= 4 is 23.2 Å². The van der Waals surface area contributed by atoms with Crippen molar-refractivity contribution in [2.45, 2.75) is 52.4 Å². The van der Waals surface area contributed by atoms with E-state index in [9.17, 15) is 9.59 Å². The van der Waals surface area contributed by atoms with Crippen molar-refractivity contribution in [3.05, 3.63) is 21.4 Å². The average Bonchev–Trinajstić information content (AvgIpc) is 3.02. The predicted molar refractivity (Wildman–Crippen MR) is 97.4 cm³/mol. The number of carbonyl (C=O) groups excluding carboxylic acids is 2. The van der Waals surface area contributed by atoms with Crippen LogP contribution in [0.4, 0.5) is 0 Å². The van der Waals surface area contributed by atoms with E-state index in [1.807, 2.05) is 4.90 Å². The quantitative estimate of drug-likeness (QED) is 0.908. The molecule has 4 nitrogen and oxygen atoms in total. The summed E-state index contributed by atoms with van der Waals surface area (Å²) in [7, 11) is 0. The van der Waals surface area contributed by atoms with Crippen LogP contribution in [-0.2, 0) is 17.6 Å². The average molecular weight is 349 g/mol. The summed E-state index contributed by atoms with van der Waals surface area (Å²) in [5.41, 5.74) is 1.39. The summed E-state index contributed by atoms with van der Waals surface area (Å²) in [4.78, 5) is 29.1. The number of carbonyl (C=O) groups is 2. The van der Waals surface area contributed by atoms with Crippen LogP contribution in [0.15, 0.2) is 6.07 Å². The lowest BCUT2D eigenvalue weighted by molar-refractivity contribution is -0.126. The third kappa shape index (κ3) is 3.82. The lowest BCUT2D eigenvalue weighted by atomic mass is 9.90. The highest BCUT2D eigenvalue weighted by Gasteiger charge is 2.29. The standard InChI is InChI=1S/C19H28N2O2S/c1-3-8-20-18(22)14-6-9-21(10-7-14)19(23)17-12-15-11-13(2)4-5-16(15)24-17/h12-14H,3-11H2,1-2H3,(H,20,22)/t13-/m0/s1. The first-order chi connectivity index (χ1) is 11.6. The molecule has 0 bridgehead atoms. The van der Waals surface area contributed by atoms with E-state index < -0.39 is 0 Å². The number of hydrogen-bond acceptors (Lipinski definition) is 3. The van der Waals surface area contributed by atoms with Gasteiger partial charge < -0.3 is 10.2 Å². The first kappa shape index (κ1) is 17.5. The van der Waals surface area contributed by atoms with Crippen LogP contribution in [0.3, 0.4) is 0 Å². The maximum absolute atomic E-state index is 12.8. The lowest BCUT2D eigenvalue weighted by Crippen LogP contribution is -2.43. The van der Waals surface area contributed by atoms with E-state index in [4.69, 9.17) is 0 Å². The summed E-state index contributed by atoms with van der Waals surface area (Å²) in [6.07, 6.45) is 5.99. The Bertz CT molecular complexity index is 603. The number of aryl methyl sites for hydroxylation is 1. The van der Waals surface area contributed by atoms with Crippen molar-refractivity contribution in [3.63, 3.8) is 0 Å². The minimum Gasteiger partial charge on any atom is -0.356 e. The van der Waals surface area contributed by atoms with Gasteiger partial charge in [-0.25, -0.2) is 0 Å². The summed E-state index contributed by atoms with van der Waals surface area (Å²) in [5, 5.41) is 2.97. The molecule has 5 heteroatoms. The van der Waals surface area contributed by atoms with Crippen LogP contribution in [0.25, 0.3) is 0 Å². The Kier molecular flexibility index (Phi) is 5.59. The normalized spacial score (nSPS) is 21.4. The van der Waals surface area contributed by atoms with E-state index in [-0.39, 0.29) is 17.7 Å². The molecule has 1 atom stereocenters. The Labute approximate surface area is 148 Å². The topological polar surface area (TPSA) is 49.4 Å². The van der Waals surface area contributed by atoms with Crippen molar-refractivity contribution in [2.24, 2.45) is 11.8 Å². The highest BCUT2D eigenvalue weighted by atomic mass is 32.1. The highest BCUT2D eigenvalue weighted by Crippen LogP contribution is 2.33. The predicted octanol–water partition coefficient (Wildman–Crippen LogP) is 3.25. The number of piperidine rings is 1. The van der Waals surface area contributed by atoms with Gasteiger partial charge in [0, 0.05) is 30.4 Å². The van der Waals surface area contributed by atoms with Gasteiger partial charge >= 0.3 is 0 Å². The van der Waals surface area contributed by atoms with Gasteiger partial charge in [-0.2, -0.15) is 0 Å². The van der Waals surface area contributed by atoms with Crippen molar-refractivity contribution in [1.29, 1.82) is 0 Å². The van der Waals surface area contributed by atoms with Gasteiger partial charge in [0.25, 0.3) is 5.91 Å². The van der Waals surface area contributed by atoms with Gasteiger partial charge in [0.1, 0.15) is 0 Å². The Morgan fingerprint density at radius 2 is 2.04 bits per heavy atom. The fourth-order valence-electron chi connectivity index (χ4n) is 3.70. The number of hydrogen-bond donors (Lipinski definition) is 1. The number of nitrogens with zero attached hydrogens (tertiary/aromatic N) is 1. The molecule has 2 aliphatic rings. The van der Waals surface area contributed by atoms with Crippen molar-refractivity contribution in [3.8, 4) is 0 Å². The molecule has 0 spiro atoms. The molecule has 3 rings (SSSR count). The molecule has 1 saturated heterocycles. The van der Waals surface area contributed by atoms with Gasteiger partial charge in [-0.05, 0) is 56.1 Å². The Morgan fingerprint density at radius 3 is 2.75 bits per heavy atom. The van der Waals surface area contributed by atoms with Crippen LogP contribution in [-0.4, -0.2) is 36.3 Å². The summed E-state index contributed by atoms with van der Waals surface area (Å²) in [6.45, 7) is 6.49. The van der Waals surface area contributed by atoms with Crippen molar-refractivity contribution in [1.82, 2.24) is 10.2 Å². The van der Waals surface area contributed by atoms with Gasteiger partial charge in [0.2, 0.25) is 5.91 Å². The number of thiophene rings is 1. The number of likely N-dealkylation sites (tertiary alicyclic amines) is 1. The molecule has 2 amide bonds. The Balaban J connectivity index is 1.57. The number of nitrogens with one attached hydrogen (secondary N) is 1. The molecule has 1 N–H and O–H groups in total. The zero-order valence-electron chi connectivity index (χ0n) is 14.8. The summed E-state index contributed by atoms with van der Waals surface area (Å²) in [5.74, 6) is 1.12. The second-order valence-electron chi connectivity index (χ2n) is 7.26. The molecule has 24 heavy (non-hydrogen) atoms. The maximum Gasteiger partial charge on any atom is 0.263 e. The minimum absolute atomic E-state index is 0.0676. The van der Waals surface area contributed by atoms with Gasteiger partial charge in [-0.15, -0.1) is 11.3 Å². The third-order valence-electron chi connectivity index (χ3n) is 5.24. The highest BCUT2D eigenvalue weighted by molar-refractivity contribution is 7.14. The third-order valence-corrected chi connectivity index (χ3v) is 6.47. The molecular formula is C19H28N2O2S. The van der Waals surface area contributed by atoms with Crippen LogP contribution in [0.2, 0.25) is 0 Å². The largest absolute Gasteiger partial charge is 0.356 e. The molecule has 1 aromatic heterocycles. The monoisotopic (exact) mass is 348 g/mol. The second-order valence-corrected chi connectivity index (χ2v) is 8.40. The smallest absolute Gasteiger partial charge is 0.263 e. The summed E-state index contributed by atoms with van der Waals surface area (Å²) in [6, 6.07) is 2.12. The van der Waals surface area contributed by atoms with Gasteiger partial charge in [0.05, 0.1) is 4.88 Å². The van der Waals surface area contributed by atoms with Gasteiger partial charge in [0.15, 0.2) is 0 Å². The van der Waals surface area contributed by atoms with E-state index >= 15 is 0 Å². The van der Waals surface area contributed by atoms with E-state index in [1.165, 1.54) is 16.9 Å². The van der Waals surface area contributed by atoms with Gasteiger partial charge in [-0.1, -0.05) is 13.8 Å². The number of amides is 2. The minimum atomic E-state index is 0.0676.